The maximum atomic E-state index is 12.5. The summed E-state index contributed by atoms with van der Waals surface area (Å²) in [6.07, 6.45) is -0.237. The van der Waals surface area contributed by atoms with Crippen molar-refractivity contribution in [1.29, 1.82) is 0 Å². The third kappa shape index (κ3) is 3.49. The van der Waals surface area contributed by atoms with E-state index in [0.29, 0.717) is 5.69 Å². The Kier molecular flexibility index (Phi) is 4.02. The van der Waals surface area contributed by atoms with Gasteiger partial charge in [0.15, 0.2) is 0 Å². The average Bonchev–Trinajstić information content (AvgIpc) is 2.96. The molecule has 4 nitrogen and oxygen atoms in total. The normalized spacial score (nSPS) is 17.4. The lowest BCUT2D eigenvalue weighted by Gasteiger charge is -2.22. The van der Waals surface area contributed by atoms with Crippen LogP contribution < -0.4 is 10.6 Å². The van der Waals surface area contributed by atoms with E-state index in [2.05, 4.69) is 10.6 Å². The van der Waals surface area contributed by atoms with Crippen molar-refractivity contribution < 1.29 is 22.4 Å². The number of benzene rings is 1. The molecule has 0 saturated heterocycles. The van der Waals surface area contributed by atoms with Crippen molar-refractivity contribution in [2.75, 3.05) is 5.32 Å². The van der Waals surface area contributed by atoms with E-state index in [0.717, 1.165) is 42.7 Å². The number of carbonyl (C=O) groups is 1. The predicted octanol–water partition coefficient (Wildman–Crippen LogP) is 4.50. The van der Waals surface area contributed by atoms with Gasteiger partial charge in [0.05, 0.1) is 17.9 Å². The van der Waals surface area contributed by atoms with E-state index < -0.39 is 17.8 Å². The number of alkyl halides is 3. The van der Waals surface area contributed by atoms with Crippen LogP contribution in [0.2, 0.25) is 0 Å². The predicted molar refractivity (Wildman–Crippen MR) is 78.0 cm³/mol. The number of nitrogens with one attached hydrogen (secondary N) is 2. The second-order valence-corrected chi connectivity index (χ2v) is 5.42. The number of halogens is 3. The minimum absolute atomic E-state index is 0.146. The number of fused-ring (bicyclic) bond motifs is 1. The van der Waals surface area contributed by atoms with Gasteiger partial charge in [-0.05, 0) is 43.2 Å². The minimum atomic E-state index is -4.39. The van der Waals surface area contributed by atoms with Gasteiger partial charge < -0.3 is 15.1 Å². The van der Waals surface area contributed by atoms with Gasteiger partial charge in [0.2, 0.25) is 0 Å². The summed E-state index contributed by atoms with van der Waals surface area (Å²) in [7, 11) is 0. The van der Waals surface area contributed by atoms with Gasteiger partial charge in [-0.1, -0.05) is 0 Å². The maximum Gasteiger partial charge on any atom is 0.416 e. The molecule has 0 spiro atoms. The molecule has 23 heavy (non-hydrogen) atoms. The zero-order chi connectivity index (χ0) is 16.4. The van der Waals surface area contributed by atoms with Crippen molar-refractivity contribution in [1.82, 2.24) is 5.32 Å². The standard InChI is InChI=1S/C16H15F3N2O2/c17-16(18,19)10-4-6-11(7-5-10)20-15(22)21-13-2-1-3-14-12(13)8-9-23-14/h4-9,13H,1-3H2,(H2,20,21,22). The van der Waals surface area contributed by atoms with Gasteiger partial charge in [0.1, 0.15) is 5.76 Å². The van der Waals surface area contributed by atoms with Gasteiger partial charge in [-0.3, -0.25) is 0 Å². The zero-order valence-corrected chi connectivity index (χ0v) is 12.1. The molecule has 1 heterocycles. The van der Waals surface area contributed by atoms with Crippen molar-refractivity contribution >= 4 is 11.7 Å². The van der Waals surface area contributed by atoms with E-state index in [-0.39, 0.29) is 6.04 Å². The largest absolute Gasteiger partial charge is 0.469 e. The van der Waals surface area contributed by atoms with Gasteiger partial charge in [-0.25, -0.2) is 4.79 Å². The van der Waals surface area contributed by atoms with Crippen LogP contribution in [0.25, 0.3) is 0 Å². The summed E-state index contributed by atoms with van der Waals surface area (Å²) in [4.78, 5) is 12.0. The van der Waals surface area contributed by atoms with E-state index in [1.54, 1.807) is 6.26 Å². The lowest BCUT2D eigenvalue weighted by molar-refractivity contribution is -0.137. The van der Waals surface area contributed by atoms with E-state index in [9.17, 15) is 18.0 Å². The zero-order valence-electron chi connectivity index (χ0n) is 12.1. The molecule has 0 radical (unpaired) electrons. The molecule has 1 aromatic carbocycles. The number of hydrogen-bond acceptors (Lipinski definition) is 2. The van der Waals surface area contributed by atoms with Crippen LogP contribution in [0.4, 0.5) is 23.7 Å². The molecule has 1 unspecified atom stereocenters. The second-order valence-electron chi connectivity index (χ2n) is 5.42. The molecule has 1 aliphatic rings. The van der Waals surface area contributed by atoms with Crippen LogP contribution in [0.5, 0.6) is 0 Å². The molecule has 2 amide bonds. The Morgan fingerprint density at radius 3 is 2.61 bits per heavy atom. The van der Waals surface area contributed by atoms with Crippen molar-refractivity contribution in [2.45, 2.75) is 31.5 Å². The topological polar surface area (TPSA) is 54.3 Å². The molecule has 7 heteroatoms. The molecule has 1 atom stereocenters. The fourth-order valence-electron chi connectivity index (χ4n) is 2.70. The Morgan fingerprint density at radius 2 is 1.91 bits per heavy atom. The van der Waals surface area contributed by atoms with E-state index in [1.165, 1.54) is 12.1 Å². The summed E-state index contributed by atoms with van der Waals surface area (Å²) in [6, 6.07) is 5.56. The third-order valence-corrected chi connectivity index (χ3v) is 3.83. The van der Waals surface area contributed by atoms with Gasteiger partial charge in [0.25, 0.3) is 0 Å². The molecule has 1 aromatic heterocycles. The number of anilines is 1. The van der Waals surface area contributed by atoms with Gasteiger partial charge in [0, 0.05) is 17.7 Å². The quantitative estimate of drug-likeness (QED) is 0.855. The number of amides is 2. The molecule has 0 saturated carbocycles. The highest BCUT2D eigenvalue weighted by Gasteiger charge is 2.30. The number of hydrogen-bond donors (Lipinski definition) is 2. The van der Waals surface area contributed by atoms with Crippen molar-refractivity contribution in [3.05, 3.63) is 53.5 Å². The van der Waals surface area contributed by atoms with Crippen LogP contribution in [0.1, 0.15) is 35.8 Å². The Hall–Kier alpha value is -2.44. The summed E-state index contributed by atoms with van der Waals surface area (Å²) in [6.45, 7) is 0. The Morgan fingerprint density at radius 1 is 1.17 bits per heavy atom. The molecule has 122 valence electrons. The highest BCUT2D eigenvalue weighted by atomic mass is 19.4. The van der Waals surface area contributed by atoms with Gasteiger partial charge >= 0.3 is 12.2 Å². The number of carbonyl (C=O) groups excluding carboxylic acids is 1. The van der Waals surface area contributed by atoms with Crippen molar-refractivity contribution in [3.63, 3.8) is 0 Å². The van der Waals surface area contributed by atoms with Crippen LogP contribution in [0.15, 0.2) is 41.0 Å². The van der Waals surface area contributed by atoms with Crippen LogP contribution >= 0.6 is 0 Å². The van der Waals surface area contributed by atoms with Crippen LogP contribution in [0.3, 0.4) is 0 Å². The smallest absolute Gasteiger partial charge is 0.416 e. The molecule has 0 bridgehead atoms. The van der Waals surface area contributed by atoms with E-state index in [1.807, 2.05) is 6.07 Å². The monoisotopic (exact) mass is 324 g/mol. The van der Waals surface area contributed by atoms with Gasteiger partial charge in [-0.2, -0.15) is 13.2 Å². The fourth-order valence-corrected chi connectivity index (χ4v) is 2.70. The molecule has 2 N–H and O–H groups in total. The summed E-state index contributed by atoms with van der Waals surface area (Å²) >= 11 is 0. The summed E-state index contributed by atoms with van der Waals surface area (Å²) < 4.78 is 42.8. The van der Waals surface area contributed by atoms with Crippen LogP contribution in [-0.4, -0.2) is 6.03 Å². The van der Waals surface area contributed by atoms with Gasteiger partial charge in [-0.15, -0.1) is 0 Å². The number of rotatable bonds is 2. The van der Waals surface area contributed by atoms with E-state index in [4.69, 9.17) is 4.42 Å². The lowest BCUT2D eigenvalue weighted by atomic mass is 9.93. The molecular formula is C16H15F3N2O2. The number of aryl methyl sites for hydroxylation is 1. The summed E-state index contributed by atoms with van der Waals surface area (Å²) in [5.74, 6) is 0.871. The first-order valence-corrected chi connectivity index (χ1v) is 7.24. The molecule has 3 rings (SSSR count). The summed E-state index contributed by atoms with van der Waals surface area (Å²) in [5, 5.41) is 5.37. The van der Waals surface area contributed by atoms with Crippen molar-refractivity contribution in [3.8, 4) is 0 Å². The number of urea groups is 1. The Bertz CT molecular complexity index is 692. The first-order chi connectivity index (χ1) is 10.9. The SMILES string of the molecule is O=C(Nc1ccc(C(F)(F)F)cc1)NC1CCCc2occc21. The average molecular weight is 324 g/mol. The van der Waals surface area contributed by atoms with Crippen LogP contribution in [0, 0.1) is 0 Å². The Labute approximate surface area is 130 Å². The molecule has 2 aromatic rings. The summed E-state index contributed by atoms with van der Waals surface area (Å²) in [5.41, 5.74) is 0.510. The molecule has 0 aliphatic heterocycles. The second kappa shape index (κ2) is 5.98. The van der Waals surface area contributed by atoms with E-state index >= 15 is 0 Å². The highest BCUT2D eigenvalue weighted by molar-refractivity contribution is 5.89. The first-order valence-electron chi connectivity index (χ1n) is 7.24. The maximum absolute atomic E-state index is 12.5. The highest BCUT2D eigenvalue weighted by Crippen LogP contribution is 2.31. The fraction of sp³-hybridized carbons (Fsp3) is 0.312. The van der Waals surface area contributed by atoms with Crippen molar-refractivity contribution in [2.24, 2.45) is 0 Å². The minimum Gasteiger partial charge on any atom is -0.469 e. The molecule has 0 fully saturated rings. The molecule has 1 aliphatic carbocycles. The molecular weight excluding hydrogens is 309 g/mol. The van der Waals surface area contributed by atoms with Crippen LogP contribution in [-0.2, 0) is 12.6 Å². The first kappa shape index (κ1) is 15.5. The number of furan rings is 1. The Balaban J connectivity index is 1.62. The lowest BCUT2D eigenvalue weighted by Crippen LogP contribution is -2.34. The third-order valence-electron chi connectivity index (χ3n) is 3.83.